The lowest BCUT2D eigenvalue weighted by Crippen LogP contribution is -2.23. The highest BCUT2D eigenvalue weighted by Gasteiger charge is 2.09. The minimum Gasteiger partial charge on any atom is -0.272 e. The molecule has 0 saturated heterocycles. The molecule has 1 unspecified atom stereocenters. The molecule has 1 radical (unpaired) electrons. The monoisotopic (exact) mass is 152 g/mol. The molecule has 0 spiro atoms. The Morgan fingerprint density at radius 2 is 2.11 bits per heavy atom. The van der Waals surface area contributed by atoms with Crippen molar-refractivity contribution in [2.75, 3.05) is 0 Å². The highest BCUT2D eigenvalue weighted by Crippen LogP contribution is 1.91. The van der Waals surface area contributed by atoms with E-state index in [1.165, 1.54) is 0 Å². The van der Waals surface area contributed by atoms with Crippen LogP contribution in [0.3, 0.4) is 0 Å². The molecule has 0 aromatic rings. The fraction of sp³-hybridized carbons (Fsp3) is 1.00. The first-order chi connectivity index (χ1) is 3.95. The average Bonchev–Trinajstić information content (AvgIpc) is 1.62. The van der Waals surface area contributed by atoms with Gasteiger partial charge in [0.1, 0.15) is 0 Å². The van der Waals surface area contributed by atoms with Crippen LogP contribution in [0.15, 0.2) is 0 Å². The minimum absolute atomic E-state index is 0.319. The SMILES string of the molecule is CCC(C)[N]S(=O)(=O)O. The molecule has 4 nitrogen and oxygen atoms in total. The van der Waals surface area contributed by atoms with E-state index in [0.717, 1.165) is 0 Å². The molecule has 1 N–H and O–H groups in total. The molecule has 0 aliphatic carbocycles. The van der Waals surface area contributed by atoms with Gasteiger partial charge in [-0.3, -0.25) is 4.55 Å². The Kier molecular flexibility index (Phi) is 3.10. The van der Waals surface area contributed by atoms with E-state index in [-0.39, 0.29) is 6.04 Å². The molecule has 0 fully saturated rings. The van der Waals surface area contributed by atoms with Crippen LogP contribution in [-0.2, 0) is 10.3 Å². The molecular formula is C4H10NO3S. The molecule has 1 atom stereocenters. The lowest BCUT2D eigenvalue weighted by atomic mass is 10.3. The van der Waals surface area contributed by atoms with Crippen molar-refractivity contribution in [2.24, 2.45) is 0 Å². The van der Waals surface area contributed by atoms with Gasteiger partial charge in [0.05, 0.1) is 0 Å². The predicted octanol–water partition coefficient (Wildman–Crippen LogP) is 0.192. The third kappa shape index (κ3) is 5.75. The van der Waals surface area contributed by atoms with Gasteiger partial charge in [0.15, 0.2) is 0 Å². The summed E-state index contributed by atoms with van der Waals surface area (Å²) in [4.78, 5) is 0. The Bertz CT molecular complexity index is 163. The molecule has 0 amide bonds. The van der Waals surface area contributed by atoms with Crippen molar-refractivity contribution in [1.82, 2.24) is 4.72 Å². The lowest BCUT2D eigenvalue weighted by Gasteiger charge is -2.02. The Morgan fingerprint density at radius 1 is 1.67 bits per heavy atom. The van der Waals surface area contributed by atoms with Crippen LogP contribution in [0.2, 0.25) is 0 Å². The number of nitrogens with zero attached hydrogens (tertiary/aromatic N) is 1. The normalized spacial score (nSPS) is 15.4. The van der Waals surface area contributed by atoms with Gasteiger partial charge in [-0.1, -0.05) is 11.6 Å². The smallest absolute Gasteiger partial charge is 0.272 e. The van der Waals surface area contributed by atoms with E-state index in [2.05, 4.69) is 4.72 Å². The Morgan fingerprint density at radius 3 is 2.22 bits per heavy atom. The van der Waals surface area contributed by atoms with Gasteiger partial charge in [-0.15, -0.1) is 0 Å². The zero-order valence-corrected chi connectivity index (χ0v) is 6.22. The molecular weight excluding hydrogens is 142 g/mol. The largest absolute Gasteiger partial charge is 0.350 e. The first-order valence-corrected chi connectivity index (χ1v) is 4.05. The van der Waals surface area contributed by atoms with E-state index >= 15 is 0 Å². The van der Waals surface area contributed by atoms with Gasteiger partial charge >= 0.3 is 10.3 Å². The predicted molar refractivity (Wildman–Crippen MR) is 33.4 cm³/mol. The second-order valence-electron chi connectivity index (χ2n) is 1.81. The first-order valence-electron chi connectivity index (χ1n) is 2.65. The van der Waals surface area contributed by atoms with Gasteiger partial charge in [-0.25, -0.2) is 0 Å². The van der Waals surface area contributed by atoms with E-state index in [1.54, 1.807) is 13.8 Å². The maximum absolute atomic E-state index is 9.99. The molecule has 0 aliphatic heterocycles. The molecule has 0 aliphatic rings. The lowest BCUT2D eigenvalue weighted by molar-refractivity contribution is 0.451. The van der Waals surface area contributed by atoms with Crippen LogP contribution in [-0.4, -0.2) is 19.0 Å². The van der Waals surface area contributed by atoms with Gasteiger partial charge in [0.2, 0.25) is 0 Å². The first kappa shape index (κ1) is 8.87. The summed E-state index contributed by atoms with van der Waals surface area (Å²) in [5, 5.41) is 0. The summed E-state index contributed by atoms with van der Waals surface area (Å²) in [7, 11) is -4.11. The van der Waals surface area contributed by atoms with Gasteiger partial charge < -0.3 is 0 Å². The average molecular weight is 152 g/mol. The summed E-state index contributed by atoms with van der Waals surface area (Å²) in [6.07, 6.45) is 0.611. The fourth-order valence-electron chi connectivity index (χ4n) is 0.302. The second-order valence-corrected chi connectivity index (χ2v) is 2.92. The van der Waals surface area contributed by atoms with Gasteiger partial charge in [0, 0.05) is 6.04 Å². The van der Waals surface area contributed by atoms with Crippen LogP contribution in [0.25, 0.3) is 0 Å². The molecule has 9 heavy (non-hydrogen) atoms. The summed E-state index contributed by atoms with van der Waals surface area (Å²) in [6.45, 7) is 3.41. The highest BCUT2D eigenvalue weighted by molar-refractivity contribution is 7.83. The summed E-state index contributed by atoms with van der Waals surface area (Å²) in [6, 6.07) is -0.319. The van der Waals surface area contributed by atoms with Crippen molar-refractivity contribution >= 4 is 10.3 Å². The van der Waals surface area contributed by atoms with E-state index < -0.39 is 10.3 Å². The summed E-state index contributed by atoms with van der Waals surface area (Å²) in [5.74, 6) is 0. The van der Waals surface area contributed by atoms with Crippen LogP contribution in [0, 0.1) is 0 Å². The molecule has 55 valence electrons. The molecule has 5 heteroatoms. The van der Waals surface area contributed by atoms with Gasteiger partial charge in [-0.2, -0.15) is 8.42 Å². The Balaban J connectivity index is 3.75. The van der Waals surface area contributed by atoms with Crippen molar-refractivity contribution in [3.63, 3.8) is 0 Å². The molecule has 0 bridgehead atoms. The zero-order valence-electron chi connectivity index (χ0n) is 5.40. The Hall–Kier alpha value is -0.130. The molecule has 0 aromatic carbocycles. The van der Waals surface area contributed by atoms with Crippen LogP contribution in [0.1, 0.15) is 20.3 Å². The van der Waals surface area contributed by atoms with E-state index in [1.807, 2.05) is 0 Å². The Labute approximate surface area is 55.1 Å². The van der Waals surface area contributed by atoms with Crippen LogP contribution in [0.4, 0.5) is 0 Å². The van der Waals surface area contributed by atoms with Crippen molar-refractivity contribution in [2.45, 2.75) is 26.3 Å². The van der Waals surface area contributed by atoms with E-state index in [9.17, 15) is 8.42 Å². The van der Waals surface area contributed by atoms with Crippen molar-refractivity contribution < 1.29 is 13.0 Å². The van der Waals surface area contributed by atoms with Gasteiger partial charge in [0.25, 0.3) is 0 Å². The topological polar surface area (TPSA) is 68.5 Å². The standard InChI is InChI=1S/C4H10NO3S/c1-3-4(2)5-9(6,7)8/h4H,3H2,1-2H3,(H,6,7,8). The summed E-state index contributed by atoms with van der Waals surface area (Å²) < 4.78 is 31.2. The molecule has 0 rings (SSSR count). The maximum Gasteiger partial charge on any atom is 0.350 e. The fourth-order valence-corrected chi connectivity index (χ4v) is 0.906. The second kappa shape index (κ2) is 3.14. The summed E-state index contributed by atoms with van der Waals surface area (Å²) >= 11 is 0. The van der Waals surface area contributed by atoms with E-state index in [0.29, 0.717) is 6.42 Å². The third-order valence-electron chi connectivity index (χ3n) is 0.904. The minimum atomic E-state index is -4.11. The molecule has 0 saturated carbocycles. The summed E-state index contributed by atoms with van der Waals surface area (Å²) in [5.41, 5.74) is 0. The van der Waals surface area contributed by atoms with Crippen LogP contribution in [0.5, 0.6) is 0 Å². The van der Waals surface area contributed by atoms with Crippen LogP contribution >= 0.6 is 0 Å². The molecule has 0 aromatic heterocycles. The number of hydrogen-bond donors (Lipinski definition) is 1. The number of rotatable bonds is 3. The molecule has 0 heterocycles. The van der Waals surface area contributed by atoms with Gasteiger partial charge in [-0.05, 0) is 13.3 Å². The van der Waals surface area contributed by atoms with E-state index in [4.69, 9.17) is 4.55 Å². The maximum atomic E-state index is 9.99. The zero-order chi connectivity index (χ0) is 7.49. The van der Waals surface area contributed by atoms with Crippen molar-refractivity contribution in [3.8, 4) is 0 Å². The van der Waals surface area contributed by atoms with Crippen molar-refractivity contribution in [1.29, 1.82) is 0 Å². The highest BCUT2D eigenvalue weighted by atomic mass is 32.2. The quantitative estimate of drug-likeness (QED) is 0.587. The third-order valence-corrected chi connectivity index (χ3v) is 1.53. The number of hydrogen-bond acceptors (Lipinski definition) is 2. The van der Waals surface area contributed by atoms with Crippen molar-refractivity contribution in [3.05, 3.63) is 0 Å². The van der Waals surface area contributed by atoms with Crippen LogP contribution < -0.4 is 4.72 Å².